The van der Waals surface area contributed by atoms with E-state index in [4.69, 9.17) is 4.74 Å². The third-order valence-corrected chi connectivity index (χ3v) is 3.96. The van der Waals surface area contributed by atoms with Crippen LogP contribution in [0.2, 0.25) is 0 Å². The smallest absolute Gasteiger partial charge is 0.254 e. The van der Waals surface area contributed by atoms with Crippen LogP contribution in [0.1, 0.15) is 29.9 Å². The standard InChI is InChI=1S/C17H21N3O3S/c1-3-18-16(21)9-20(4-2)17(22)13-6-5-7-15(8-13)23-10-14-11-24-12-19-14/h5-8,11-12H,3-4,9-10H2,1-2H3,(H,18,21). The second-order valence-electron chi connectivity index (χ2n) is 5.07. The van der Waals surface area contributed by atoms with E-state index in [0.717, 1.165) is 5.69 Å². The zero-order valence-electron chi connectivity index (χ0n) is 13.8. The second-order valence-corrected chi connectivity index (χ2v) is 5.79. The van der Waals surface area contributed by atoms with Crippen LogP contribution in [-0.4, -0.2) is 41.3 Å². The molecule has 24 heavy (non-hydrogen) atoms. The molecule has 6 nitrogen and oxygen atoms in total. The molecule has 0 fully saturated rings. The van der Waals surface area contributed by atoms with Gasteiger partial charge in [0.05, 0.1) is 17.7 Å². The summed E-state index contributed by atoms with van der Waals surface area (Å²) in [7, 11) is 0. The quantitative estimate of drug-likeness (QED) is 0.795. The van der Waals surface area contributed by atoms with Crippen LogP contribution < -0.4 is 10.1 Å². The Labute approximate surface area is 145 Å². The number of ether oxygens (including phenoxy) is 1. The minimum Gasteiger partial charge on any atom is -0.487 e. The molecule has 128 valence electrons. The first-order chi connectivity index (χ1) is 11.6. The summed E-state index contributed by atoms with van der Waals surface area (Å²) in [5, 5.41) is 4.62. The molecule has 0 aliphatic rings. The molecule has 0 spiro atoms. The van der Waals surface area contributed by atoms with Crippen molar-refractivity contribution in [2.24, 2.45) is 0 Å². The topological polar surface area (TPSA) is 71.5 Å². The van der Waals surface area contributed by atoms with Crippen molar-refractivity contribution in [3.8, 4) is 5.75 Å². The molecule has 0 aliphatic carbocycles. The van der Waals surface area contributed by atoms with Crippen LogP contribution in [0.5, 0.6) is 5.75 Å². The highest BCUT2D eigenvalue weighted by Crippen LogP contribution is 2.16. The average molecular weight is 347 g/mol. The number of likely N-dealkylation sites (N-methyl/N-ethyl adjacent to an activating group) is 2. The molecule has 1 N–H and O–H groups in total. The lowest BCUT2D eigenvalue weighted by Crippen LogP contribution is -2.40. The summed E-state index contributed by atoms with van der Waals surface area (Å²) in [4.78, 5) is 30.0. The number of benzene rings is 1. The largest absolute Gasteiger partial charge is 0.487 e. The van der Waals surface area contributed by atoms with Gasteiger partial charge >= 0.3 is 0 Å². The third kappa shape index (κ3) is 5.06. The molecule has 2 aromatic rings. The van der Waals surface area contributed by atoms with Crippen LogP contribution in [0.25, 0.3) is 0 Å². The first kappa shape index (κ1) is 17.9. The van der Waals surface area contributed by atoms with Gasteiger partial charge in [0.25, 0.3) is 5.91 Å². The van der Waals surface area contributed by atoms with E-state index in [1.807, 2.05) is 19.2 Å². The van der Waals surface area contributed by atoms with Gasteiger partial charge in [-0.05, 0) is 32.0 Å². The summed E-state index contributed by atoms with van der Waals surface area (Å²) >= 11 is 1.51. The Hall–Kier alpha value is -2.41. The zero-order valence-corrected chi connectivity index (χ0v) is 14.6. The fourth-order valence-electron chi connectivity index (χ4n) is 2.12. The molecule has 1 aromatic carbocycles. The zero-order chi connectivity index (χ0) is 17.4. The van der Waals surface area contributed by atoms with Gasteiger partial charge in [-0.3, -0.25) is 9.59 Å². The van der Waals surface area contributed by atoms with Crippen LogP contribution in [0.4, 0.5) is 0 Å². The van der Waals surface area contributed by atoms with E-state index in [-0.39, 0.29) is 18.4 Å². The summed E-state index contributed by atoms with van der Waals surface area (Å²) in [6, 6.07) is 6.97. The Morgan fingerprint density at radius 2 is 2.17 bits per heavy atom. The summed E-state index contributed by atoms with van der Waals surface area (Å²) in [6.07, 6.45) is 0. The number of rotatable bonds is 8. The van der Waals surface area contributed by atoms with Crippen molar-refractivity contribution in [1.82, 2.24) is 15.2 Å². The Bertz CT molecular complexity index is 673. The highest BCUT2D eigenvalue weighted by Gasteiger charge is 2.17. The molecule has 0 saturated heterocycles. The molecule has 0 unspecified atom stereocenters. The van der Waals surface area contributed by atoms with Crippen molar-refractivity contribution in [2.75, 3.05) is 19.6 Å². The number of aromatic nitrogens is 1. The van der Waals surface area contributed by atoms with Crippen molar-refractivity contribution in [1.29, 1.82) is 0 Å². The fraction of sp³-hybridized carbons (Fsp3) is 0.353. The lowest BCUT2D eigenvalue weighted by Gasteiger charge is -2.20. The van der Waals surface area contributed by atoms with Gasteiger partial charge in [0.1, 0.15) is 12.4 Å². The number of thiazole rings is 1. The molecule has 0 bridgehead atoms. The van der Waals surface area contributed by atoms with Crippen molar-refractivity contribution >= 4 is 23.2 Å². The van der Waals surface area contributed by atoms with E-state index in [2.05, 4.69) is 10.3 Å². The Balaban J connectivity index is 2.02. The number of carbonyl (C=O) groups is 2. The average Bonchev–Trinajstić information content (AvgIpc) is 3.11. The fourth-order valence-corrected chi connectivity index (χ4v) is 2.66. The van der Waals surface area contributed by atoms with E-state index in [9.17, 15) is 9.59 Å². The SMILES string of the molecule is CCNC(=O)CN(CC)C(=O)c1cccc(OCc2cscn2)c1. The number of nitrogens with zero attached hydrogens (tertiary/aromatic N) is 2. The summed E-state index contributed by atoms with van der Waals surface area (Å²) in [6.45, 7) is 5.11. The van der Waals surface area contributed by atoms with Crippen LogP contribution in [-0.2, 0) is 11.4 Å². The van der Waals surface area contributed by atoms with Crippen LogP contribution in [0, 0.1) is 0 Å². The monoisotopic (exact) mass is 347 g/mol. The van der Waals surface area contributed by atoms with Gasteiger partial charge in [-0.25, -0.2) is 4.98 Å². The molecule has 7 heteroatoms. The maximum Gasteiger partial charge on any atom is 0.254 e. The molecular formula is C17H21N3O3S. The normalized spacial score (nSPS) is 10.2. The highest BCUT2D eigenvalue weighted by molar-refractivity contribution is 7.07. The lowest BCUT2D eigenvalue weighted by molar-refractivity contribution is -0.121. The van der Waals surface area contributed by atoms with Gasteiger partial charge in [-0.15, -0.1) is 11.3 Å². The maximum absolute atomic E-state index is 12.6. The van der Waals surface area contributed by atoms with Crippen LogP contribution in [0.3, 0.4) is 0 Å². The van der Waals surface area contributed by atoms with E-state index >= 15 is 0 Å². The molecular weight excluding hydrogens is 326 g/mol. The van der Waals surface area contributed by atoms with E-state index < -0.39 is 0 Å². The number of nitrogens with one attached hydrogen (secondary N) is 1. The Morgan fingerprint density at radius 1 is 1.33 bits per heavy atom. The van der Waals surface area contributed by atoms with E-state index in [1.54, 1.807) is 29.8 Å². The van der Waals surface area contributed by atoms with Crippen LogP contribution in [0.15, 0.2) is 35.2 Å². The molecule has 0 radical (unpaired) electrons. The molecule has 2 rings (SSSR count). The number of hydrogen-bond acceptors (Lipinski definition) is 5. The number of amides is 2. The van der Waals surface area contributed by atoms with Gasteiger partial charge in [-0.2, -0.15) is 0 Å². The molecule has 0 atom stereocenters. The molecule has 0 saturated carbocycles. The predicted molar refractivity (Wildman–Crippen MR) is 93.1 cm³/mol. The predicted octanol–water partition coefficient (Wildman–Crippen LogP) is 2.32. The second kappa shape index (κ2) is 9.02. The molecule has 0 aliphatic heterocycles. The van der Waals surface area contributed by atoms with E-state index in [0.29, 0.717) is 31.0 Å². The number of hydrogen-bond donors (Lipinski definition) is 1. The van der Waals surface area contributed by atoms with E-state index in [1.165, 1.54) is 16.2 Å². The van der Waals surface area contributed by atoms with Crippen molar-refractivity contribution in [2.45, 2.75) is 20.5 Å². The minimum absolute atomic E-state index is 0.0487. The van der Waals surface area contributed by atoms with Gasteiger partial charge in [0.2, 0.25) is 5.91 Å². The van der Waals surface area contributed by atoms with Crippen molar-refractivity contribution < 1.29 is 14.3 Å². The summed E-state index contributed by atoms with van der Waals surface area (Å²) < 4.78 is 5.67. The Kier molecular flexibility index (Phi) is 6.74. The first-order valence-electron chi connectivity index (χ1n) is 7.80. The number of carbonyl (C=O) groups excluding carboxylic acids is 2. The summed E-state index contributed by atoms with van der Waals surface area (Å²) in [5.74, 6) is 0.245. The molecule has 1 aromatic heterocycles. The summed E-state index contributed by atoms with van der Waals surface area (Å²) in [5.41, 5.74) is 3.10. The van der Waals surface area contributed by atoms with Gasteiger partial charge < -0.3 is 15.0 Å². The third-order valence-electron chi connectivity index (χ3n) is 3.33. The van der Waals surface area contributed by atoms with Crippen LogP contribution >= 0.6 is 11.3 Å². The first-order valence-corrected chi connectivity index (χ1v) is 8.74. The Morgan fingerprint density at radius 3 is 2.83 bits per heavy atom. The highest BCUT2D eigenvalue weighted by atomic mass is 32.1. The van der Waals surface area contributed by atoms with Gasteiger partial charge in [0, 0.05) is 24.0 Å². The minimum atomic E-state index is -0.192. The molecule has 1 heterocycles. The van der Waals surface area contributed by atoms with Gasteiger partial charge in [0.15, 0.2) is 0 Å². The lowest BCUT2D eigenvalue weighted by atomic mass is 10.2. The molecule has 2 amide bonds. The van der Waals surface area contributed by atoms with Crippen molar-refractivity contribution in [3.05, 3.63) is 46.4 Å². The van der Waals surface area contributed by atoms with Crippen molar-refractivity contribution in [3.63, 3.8) is 0 Å². The van der Waals surface area contributed by atoms with Gasteiger partial charge in [-0.1, -0.05) is 6.07 Å². The maximum atomic E-state index is 12.6.